The number of aromatic nitrogens is 1. The summed E-state index contributed by atoms with van der Waals surface area (Å²) in [6.45, 7) is 0. The number of anilines is 1. The van der Waals surface area contributed by atoms with Crippen LogP contribution < -0.4 is 5.73 Å². The van der Waals surface area contributed by atoms with Crippen molar-refractivity contribution in [2.45, 2.75) is 4.90 Å². The number of nitrogen functional groups attached to an aromatic ring is 1. The smallest absolute Gasteiger partial charge is 0.181 e. The Balaban J connectivity index is 2.74. The van der Waals surface area contributed by atoms with Gasteiger partial charge in [0.05, 0.1) is 15.1 Å². The summed E-state index contributed by atoms with van der Waals surface area (Å²) in [6, 6.07) is 3.97. The average Bonchev–Trinajstić information content (AvgIpc) is 2.41. The molecule has 1 aromatic carbocycles. The molecule has 0 saturated carbocycles. The lowest BCUT2D eigenvalue weighted by Gasteiger charge is -2.05. The highest BCUT2D eigenvalue weighted by Crippen LogP contribution is 2.25. The zero-order valence-corrected chi connectivity index (χ0v) is 8.43. The maximum absolute atomic E-state index is 10.7. The molecule has 2 rings (SSSR count). The summed E-state index contributed by atoms with van der Waals surface area (Å²) >= 11 is 1.15. The second-order valence-corrected chi connectivity index (χ2v) is 5.08. The van der Waals surface area contributed by atoms with Gasteiger partial charge in [0, 0.05) is 0 Å². The van der Waals surface area contributed by atoms with E-state index in [0.29, 0.717) is 15.3 Å². The van der Waals surface area contributed by atoms with Crippen LogP contribution in [0.4, 0.5) is 5.13 Å². The van der Waals surface area contributed by atoms with Crippen LogP contribution >= 0.6 is 11.3 Å². The van der Waals surface area contributed by atoms with Gasteiger partial charge < -0.3 is 10.3 Å². The number of thiazole rings is 1. The molecule has 0 aliphatic heterocycles. The Bertz CT molecular complexity index is 588. The van der Waals surface area contributed by atoms with Crippen LogP contribution in [0.5, 0.6) is 0 Å². The largest absolute Gasteiger partial charge is 0.744 e. The molecule has 0 radical (unpaired) electrons. The molecule has 0 fully saturated rings. The number of hydrogen-bond acceptors (Lipinski definition) is 6. The van der Waals surface area contributed by atoms with Crippen LogP contribution in [0.1, 0.15) is 0 Å². The lowest BCUT2D eigenvalue weighted by atomic mass is 10.3. The molecule has 0 saturated heterocycles. The Hall–Kier alpha value is -1.18. The van der Waals surface area contributed by atoms with E-state index >= 15 is 0 Å². The Labute approximate surface area is 83.9 Å². The molecule has 0 spiro atoms. The maximum Gasteiger partial charge on any atom is 0.181 e. The summed E-state index contributed by atoms with van der Waals surface area (Å²) in [5, 5.41) is 0.348. The molecule has 14 heavy (non-hydrogen) atoms. The Morgan fingerprint density at radius 2 is 2.14 bits per heavy atom. The van der Waals surface area contributed by atoms with E-state index in [-0.39, 0.29) is 4.90 Å². The molecule has 1 heterocycles. The Morgan fingerprint density at radius 3 is 2.79 bits per heavy atom. The lowest BCUT2D eigenvalue weighted by molar-refractivity contribution is 0.463. The van der Waals surface area contributed by atoms with E-state index in [1.54, 1.807) is 0 Å². The maximum atomic E-state index is 10.7. The molecule has 0 amide bonds. The first kappa shape index (κ1) is 9.38. The van der Waals surface area contributed by atoms with Crippen molar-refractivity contribution in [1.82, 2.24) is 4.98 Å². The topological polar surface area (TPSA) is 96.1 Å². The molecule has 0 unspecified atom stereocenters. The average molecular weight is 229 g/mol. The van der Waals surface area contributed by atoms with Gasteiger partial charge in [0.15, 0.2) is 5.13 Å². The highest BCUT2D eigenvalue weighted by molar-refractivity contribution is 7.85. The third-order valence-electron chi connectivity index (χ3n) is 1.67. The minimum Gasteiger partial charge on any atom is -0.744 e. The van der Waals surface area contributed by atoms with Crippen LogP contribution in [-0.2, 0) is 10.1 Å². The van der Waals surface area contributed by atoms with Crippen LogP contribution in [0.2, 0.25) is 0 Å². The van der Waals surface area contributed by atoms with Crippen molar-refractivity contribution >= 4 is 36.8 Å². The molecular formula is C7H5N2O3S2-. The van der Waals surface area contributed by atoms with Crippen molar-refractivity contribution in [2.75, 3.05) is 5.73 Å². The summed E-state index contributed by atoms with van der Waals surface area (Å²) in [5.41, 5.74) is 6.03. The zero-order valence-electron chi connectivity index (χ0n) is 6.80. The molecule has 74 valence electrons. The molecule has 0 aliphatic carbocycles. The molecule has 0 atom stereocenters. The van der Waals surface area contributed by atoms with Crippen molar-refractivity contribution in [3.63, 3.8) is 0 Å². The normalized spacial score (nSPS) is 12.1. The summed E-state index contributed by atoms with van der Waals surface area (Å²) in [5.74, 6) is 0. The molecule has 0 bridgehead atoms. The monoisotopic (exact) mass is 229 g/mol. The zero-order chi connectivity index (χ0) is 10.3. The van der Waals surface area contributed by atoms with Gasteiger partial charge in [-0.3, -0.25) is 0 Å². The van der Waals surface area contributed by atoms with Crippen molar-refractivity contribution in [2.24, 2.45) is 0 Å². The van der Waals surface area contributed by atoms with E-state index in [1.807, 2.05) is 0 Å². The molecule has 7 heteroatoms. The highest BCUT2D eigenvalue weighted by Gasteiger charge is 2.05. The van der Waals surface area contributed by atoms with Crippen LogP contribution in [0.25, 0.3) is 10.2 Å². The number of rotatable bonds is 1. The van der Waals surface area contributed by atoms with E-state index in [9.17, 15) is 13.0 Å². The van der Waals surface area contributed by atoms with E-state index in [4.69, 9.17) is 5.73 Å². The van der Waals surface area contributed by atoms with Crippen molar-refractivity contribution in [1.29, 1.82) is 0 Å². The predicted octanol–water partition coefficient (Wildman–Crippen LogP) is 0.783. The van der Waals surface area contributed by atoms with Gasteiger partial charge in [-0.25, -0.2) is 13.4 Å². The minimum atomic E-state index is -4.40. The van der Waals surface area contributed by atoms with Gasteiger partial charge in [-0.1, -0.05) is 11.3 Å². The Morgan fingerprint density at radius 1 is 1.43 bits per heavy atom. The first-order valence-corrected chi connectivity index (χ1v) is 5.81. The fraction of sp³-hybridized carbons (Fsp3) is 0. The summed E-state index contributed by atoms with van der Waals surface area (Å²) in [4.78, 5) is 3.68. The van der Waals surface area contributed by atoms with Crippen LogP contribution in [0, 0.1) is 0 Å². The van der Waals surface area contributed by atoms with E-state index < -0.39 is 10.1 Å². The van der Waals surface area contributed by atoms with Gasteiger partial charge in [0.1, 0.15) is 10.1 Å². The van der Waals surface area contributed by atoms with Gasteiger partial charge in [-0.2, -0.15) is 0 Å². The van der Waals surface area contributed by atoms with Gasteiger partial charge >= 0.3 is 0 Å². The number of fused-ring (bicyclic) bond motifs is 1. The van der Waals surface area contributed by atoms with Crippen LogP contribution in [-0.4, -0.2) is 18.0 Å². The third-order valence-corrected chi connectivity index (χ3v) is 3.34. The quantitative estimate of drug-likeness (QED) is 0.729. The summed E-state index contributed by atoms with van der Waals surface area (Å²) in [6.07, 6.45) is 0. The summed E-state index contributed by atoms with van der Waals surface area (Å²) < 4.78 is 32.6. The minimum absolute atomic E-state index is 0.256. The fourth-order valence-corrected chi connectivity index (χ4v) is 2.42. The van der Waals surface area contributed by atoms with Gasteiger partial charge in [0.2, 0.25) is 0 Å². The first-order chi connectivity index (χ1) is 6.47. The lowest BCUT2D eigenvalue weighted by Crippen LogP contribution is -1.97. The van der Waals surface area contributed by atoms with Gasteiger partial charge in [-0.05, 0) is 18.2 Å². The third kappa shape index (κ3) is 1.57. The summed E-state index contributed by atoms with van der Waals surface area (Å²) in [7, 11) is -4.40. The van der Waals surface area contributed by atoms with Gasteiger partial charge in [-0.15, -0.1) is 0 Å². The number of hydrogen-bond donors (Lipinski definition) is 1. The second kappa shape index (κ2) is 2.91. The van der Waals surface area contributed by atoms with E-state index in [1.165, 1.54) is 18.2 Å². The second-order valence-electron chi connectivity index (χ2n) is 2.64. The SMILES string of the molecule is Nc1nc2ccc(S(=O)(=O)[O-])cc2s1. The fourth-order valence-electron chi connectivity index (χ4n) is 1.08. The van der Waals surface area contributed by atoms with E-state index in [2.05, 4.69) is 4.98 Å². The standard InChI is InChI=1S/C7H6N2O3S2/c8-7-9-5-2-1-4(14(10,11)12)3-6(5)13-7/h1-3H,(H2,8,9)(H,10,11,12)/p-1. The van der Waals surface area contributed by atoms with Gasteiger partial charge in [0.25, 0.3) is 0 Å². The molecule has 0 aliphatic rings. The van der Waals surface area contributed by atoms with E-state index in [0.717, 1.165) is 11.3 Å². The van der Waals surface area contributed by atoms with Crippen molar-refractivity contribution in [3.8, 4) is 0 Å². The number of nitrogens with zero attached hydrogens (tertiary/aromatic N) is 1. The molecule has 2 N–H and O–H groups in total. The number of benzene rings is 1. The van der Waals surface area contributed by atoms with Crippen LogP contribution in [0.15, 0.2) is 23.1 Å². The predicted molar refractivity (Wildman–Crippen MR) is 52.0 cm³/mol. The molecular weight excluding hydrogens is 224 g/mol. The number of nitrogens with two attached hydrogens (primary N) is 1. The highest BCUT2D eigenvalue weighted by atomic mass is 32.2. The molecule has 5 nitrogen and oxygen atoms in total. The molecule has 2 aromatic rings. The van der Waals surface area contributed by atoms with Crippen molar-refractivity contribution in [3.05, 3.63) is 18.2 Å². The Kier molecular flexibility index (Phi) is 1.95. The van der Waals surface area contributed by atoms with Crippen molar-refractivity contribution < 1.29 is 13.0 Å². The first-order valence-electron chi connectivity index (χ1n) is 3.59. The molecule has 1 aromatic heterocycles. The van der Waals surface area contributed by atoms with Crippen LogP contribution in [0.3, 0.4) is 0 Å².